The maximum absolute atomic E-state index is 12.6. The monoisotopic (exact) mass is 464 g/mol. The first kappa shape index (κ1) is 21.3. The normalized spacial score (nSPS) is 14.9. The lowest BCUT2D eigenvalue weighted by atomic mass is 9.95. The van der Waals surface area contributed by atoms with Gasteiger partial charge in [0, 0.05) is 4.88 Å². The number of esters is 1. The van der Waals surface area contributed by atoms with E-state index in [0.717, 1.165) is 36.1 Å². The van der Waals surface area contributed by atoms with Gasteiger partial charge in [-0.3, -0.25) is 4.79 Å². The minimum absolute atomic E-state index is 0.0807. The molecule has 0 fully saturated rings. The van der Waals surface area contributed by atoms with Crippen LogP contribution in [0.4, 0.5) is 5.00 Å². The van der Waals surface area contributed by atoms with Crippen LogP contribution in [0.25, 0.3) is 0 Å². The summed E-state index contributed by atoms with van der Waals surface area (Å²) in [6.45, 7) is 2.00. The highest BCUT2D eigenvalue weighted by Gasteiger charge is 2.37. The van der Waals surface area contributed by atoms with Gasteiger partial charge in [-0.2, -0.15) is 0 Å². The number of nitrogens with one attached hydrogen (secondary N) is 2. The van der Waals surface area contributed by atoms with E-state index in [1.165, 1.54) is 23.7 Å². The molecule has 2 N–H and O–H groups in total. The van der Waals surface area contributed by atoms with Crippen molar-refractivity contribution in [2.75, 3.05) is 11.9 Å². The number of rotatable bonds is 6. The summed E-state index contributed by atoms with van der Waals surface area (Å²) in [5.41, 5.74) is 1.42. The Morgan fingerprint density at radius 2 is 2.07 bits per heavy atom. The lowest BCUT2D eigenvalue weighted by Gasteiger charge is -2.26. The van der Waals surface area contributed by atoms with Crippen LogP contribution in [-0.4, -0.2) is 28.4 Å². The standard InChI is InChI=1S/C18H19Cl3N2O4S/c1-2-26-16(25)13-10-6-3-4-8-12(10)28-15(13)23-17(18(19,20)21)22-14(24)11-7-5-9-27-11/h5,7,9,17,23H,2-4,6,8H2,1H3,(H,22,24). The average Bonchev–Trinajstić information content (AvgIpc) is 3.28. The van der Waals surface area contributed by atoms with Crippen molar-refractivity contribution < 1.29 is 18.7 Å². The fourth-order valence-electron chi connectivity index (χ4n) is 3.03. The van der Waals surface area contributed by atoms with E-state index in [0.29, 0.717) is 10.6 Å². The predicted molar refractivity (Wildman–Crippen MR) is 111 cm³/mol. The Morgan fingerprint density at radius 3 is 2.71 bits per heavy atom. The molecule has 0 spiro atoms. The van der Waals surface area contributed by atoms with Crippen molar-refractivity contribution in [2.45, 2.75) is 42.6 Å². The molecule has 10 heteroatoms. The van der Waals surface area contributed by atoms with Crippen LogP contribution in [0.15, 0.2) is 22.8 Å². The number of alkyl halides is 3. The van der Waals surface area contributed by atoms with E-state index in [2.05, 4.69) is 10.6 Å². The van der Waals surface area contributed by atoms with Gasteiger partial charge in [0.2, 0.25) is 3.79 Å². The minimum atomic E-state index is -1.88. The van der Waals surface area contributed by atoms with Crippen LogP contribution in [0.1, 0.15) is 51.1 Å². The van der Waals surface area contributed by atoms with Crippen molar-refractivity contribution in [1.29, 1.82) is 0 Å². The Morgan fingerprint density at radius 1 is 1.32 bits per heavy atom. The number of carbonyl (C=O) groups excluding carboxylic acids is 2. The van der Waals surface area contributed by atoms with Gasteiger partial charge in [0.25, 0.3) is 5.91 Å². The van der Waals surface area contributed by atoms with Gasteiger partial charge in [-0.15, -0.1) is 11.3 Å². The van der Waals surface area contributed by atoms with Crippen LogP contribution in [-0.2, 0) is 17.6 Å². The Bertz CT molecular complexity index is 846. The third-order valence-corrected chi connectivity index (χ3v) is 6.15. The molecule has 0 bridgehead atoms. The second kappa shape index (κ2) is 8.95. The molecule has 28 heavy (non-hydrogen) atoms. The number of hydrogen-bond acceptors (Lipinski definition) is 6. The molecule has 2 aromatic rings. The lowest BCUT2D eigenvalue weighted by Crippen LogP contribution is -2.49. The van der Waals surface area contributed by atoms with Crippen LogP contribution >= 0.6 is 46.1 Å². The number of hydrogen-bond donors (Lipinski definition) is 2. The van der Waals surface area contributed by atoms with E-state index < -0.39 is 21.8 Å². The third kappa shape index (κ3) is 4.76. The van der Waals surface area contributed by atoms with Crippen molar-refractivity contribution in [2.24, 2.45) is 0 Å². The molecule has 0 radical (unpaired) electrons. The smallest absolute Gasteiger partial charge is 0.341 e. The summed E-state index contributed by atoms with van der Waals surface area (Å²) >= 11 is 19.7. The molecular formula is C18H19Cl3N2O4S. The fourth-order valence-corrected chi connectivity index (χ4v) is 4.66. The zero-order chi connectivity index (χ0) is 20.3. The van der Waals surface area contributed by atoms with E-state index in [9.17, 15) is 9.59 Å². The summed E-state index contributed by atoms with van der Waals surface area (Å²) < 4.78 is 8.43. The van der Waals surface area contributed by atoms with Crippen LogP contribution in [0, 0.1) is 0 Å². The van der Waals surface area contributed by atoms with Crippen LogP contribution in [0.3, 0.4) is 0 Å². The Hall–Kier alpha value is -1.41. The molecule has 0 aliphatic heterocycles. The van der Waals surface area contributed by atoms with Crippen molar-refractivity contribution in [3.63, 3.8) is 0 Å². The molecule has 3 rings (SSSR count). The summed E-state index contributed by atoms with van der Waals surface area (Å²) in [4.78, 5) is 26.1. The fraction of sp³-hybridized carbons (Fsp3) is 0.444. The van der Waals surface area contributed by atoms with Crippen LogP contribution < -0.4 is 10.6 Å². The predicted octanol–water partition coefficient (Wildman–Crippen LogP) is 4.93. The molecule has 0 aromatic carbocycles. The molecule has 152 valence electrons. The van der Waals surface area contributed by atoms with E-state index in [1.807, 2.05) is 0 Å². The van der Waals surface area contributed by atoms with Gasteiger partial charge < -0.3 is 19.8 Å². The van der Waals surface area contributed by atoms with Gasteiger partial charge in [-0.1, -0.05) is 34.8 Å². The third-order valence-electron chi connectivity index (χ3n) is 4.27. The van der Waals surface area contributed by atoms with Crippen molar-refractivity contribution in [3.8, 4) is 0 Å². The van der Waals surface area contributed by atoms with Gasteiger partial charge in [0.05, 0.1) is 18.4 Å². The Kier molecular flexibility index (Phi) is 6.81. The second-order valence-electron chi connectivity index (χ2n) is 6.21. The highest BCUT2D eigenvalue weighted by molar-refractivity contribution is 7.16. The van der Waals surface area contributed by atoms with Crippen molar-refractivity contribution in [3.05, 3.63) is 40.2 Å². The molecule has 0 saturated carbocycles. The molecule has 1 unspecified atom stereocenters. The van der Waals surface area contributed by atoms with Crippen LogP contribution in [0.2, 0.25) is 0 Å². The van der Waals surface area contributed by atoms with Gasteiger partial charge in [-0.05, 0) is 50.3 Å². The van der Waals surface area contributed by atoms with Crippen molar-refractivity contribution >= 4 is 63.0 Å². The SMILES string of the molecule is CCOC(=O)c1c(NC(NC(=O)c2ccco2)C(Cl)(Cl)Cl)sc2c1CCCC2. The summed E-state index contributed by atoms with van der Waals surface area (Å²) in [7, 11) is 0. The highest BCUT2D eigenvalue weighted by atomic mass is 35.6. The van der Waals surface area contributed by atoms with E-state index in [-0.39, 0.29) is 12.4 Å². The largest absolute Gasteiger partial charge is 0.462 e. The van der Waals surface area contributed by atoms with Crippen molar-refractivity contribution in [1.82, 2.24) is 5.32 Å². The first-order valence-electron chi connectivity index (χ1n) is 8.80. The molecule has 1 amide bonds. The summed E-state index contributed by atoms with van der Waals surface area (Å²) in [5.74, 6) is -0.894. The molecule has 1 atom stereocenters. The Balaban J connectivity index is 1.91. The molecule has 2 aromatic heterocycles. The minimum Gasteiger partial charge on any atom is -0.462 e. The molecule has 1 aliphatic rings. The van der Waals surface area contributed by atoms with Crippen LogP contribution in [0.5, 0.6) is 0 Å². The summed E-state index contributed by atoms with van der Waals surface area (Å²) in [5, 5.41) is 6.14. The number of carbonyl (C=O) groups is 2. The summed E-state index contributed by atoms with van der Waals surface area (Å²) in [6, 6.07) is 3.08. The quantitative estimate of drug-likeness (QED) is 0.359. The number of aryl methyl sites for hydroxylation is 1. The number of fused-ring (bicyclic) bond motifs is 1. The van der Waals surface area contributed by atoms with Gasteiger partial charge >= 0.3 is 5.97 Å². The number of amides is 1. The zero-order valence-corrected chi connectivity index (χ0v) is 18.1. The molecule has 2 heterocycles. The maximum atomic E-state index is 12.6. The molecule has 6 nitrogen and oxygen atoms in total. The van der Waals surface area contributed by atoms with Gasteiger partial charge in [0.15, 0.2) is 5.76 Å². The van der Waals surface area contributed by atoms with E-state index >= 15 is 0 Å². The number of anilines is 1. The zero-order valence-electron chi connectivity index (χ0n) is 15.0. The second-order valence-corrected chi connectivity index (χ2v) is 9.68. The lowest BCUT2D eigenvalue weighted by molar-refractivity contribution is 0.0526. The number of thiophene rings is 1. The number of ether oxygens (including phenoxy) is 1. The average molecular weight is 466 g/mol. The summed E-state index contributed by atoms with van der Waals surface area (Å²) in [6.07, 6.45) is 4.00. The topological polar surface area (TPSA) is 80.6 Å². The van der Waals surface area contributed by atoms with E-state index in [4.69, 9.17) is 44.0 Å². The van der Waals surface area contributed by atoms with E-state index in [1.54, 1.807) is 13.0 Å². The number of halogens is 3. The molecular weight excluding hydrogens is 447 g/mol. The maximum Gasteiger partial charge on any atom is 0.341 e. The first-order valence-corrected chi connectivity index (χ1v) is 10.8. The highest BCUT2D eigenvalue weighted by Crippen LogP contribution is 2.40. The molecule has 0 saturated heterocycles. The molecule has 1 aliphatic carbocycles. The Labute approximate surface area is 181 Å². The van der Waals surface area contributed by atoms with Gasteiger partial charge in [-0.25, -0.2) is 4.79 Å². The number of furan rings is 1. The van der Waals surface area contributed by atoms with Gasteiger partial charge in [0.1, 0.15) is 11.2 Å². The first-order chi connectivity index (χ1) is 13.3.